The molecule has 166 valence electrons. The molecule has 7 heteroatoms. The molecule has 1 fully saturated rings. The molecule has 2 amide bonds. The lowest BCUT2D eigenvalue weighted by atomic mass is 10.0. The fourth-order valence-electron chi connectivity index (χ4n) is 3.65. The Morgan fingerprint density at radius 1 is 1.10 bits per heavy atom. The van der Waals surface area contributed by atoms with Gasteiger partial charge in [0.25, 0.3) is 0 Å². The fourth-order valence-corrected chi connectivity index (χ4v) is 3.88. The summed E-state index contributed by atoms with van der Waals surface area (Å²) >= 11 is 5.95. The van der Waals surface area contributed by atoms with Gasteiger partial charge in [0.2, 0.25) is 11.8 Å². The van der Waals surface area contributed by atoms with Gasteiger partial charge >= 0.3 is 0 Å². The maximum Gasteiger partial charge on any atom is 0.238 e. The smallest absolute Gasteiger partial charge is 0.238 e. The minimum absolute atomic E-state index is 0.00962. The Hall–Kier alpha value is -2.57. The zero-order valence-electron chi connectivity index (χ0n) is 17.9. The molecule has 1 aliphatic heterocycles. The molecule has 0 atom stereocenters. The van der Waals surface area contributed by atoms with Gasteiger partial charge in [0.15, 0.2) is 0 Å². The SMILES string of the molecule is Cc1cc(Cl)ccc1OCCCC(=O)NC1CCN(CC(=O)Nc2ccccc2)CC1. The monoisotopic (exact) mass is 443 g/mol. The predicted molar refractivity (Wildman–Crippen MR) is 124 cm³/mol. The van der Waals surface area contributed by atoms with Crippen molar-refractivity contribution in [3.05, 3.63) is 59.1 Å². The number of amides is 2. The van der Waals surface area contributed by atoms with E-state index in [9.17, 15) is 9.59 Å². The maximum atomic E-state index is 12.2. The summed E-state index contributed by atoms with van der Waals surface area (Å²) in [4.78, 5) is 26.5. The van der Waals surface area contributed by atoms with Crippen molar-refractivity contribution in [1.82, 2.24) is 10.2 Å². The van der Waals surface area contributed by atoms with Crippen molar-refractivity contribution in [2.24, 2.45) is 0 Å². The highest BCUT2D eigenvalue weighted by atomic mass is 35.5. The van der Waals surface area contributed by atoms with E-state index in [0.717, 1.165) is 42.9 Å². The molecule has 3 rings (SSSR count). The van der Waals surface area contributed by atoms with Crippen LogP contribution in [0, 0.1) is 6.92 Å². The summed E-state index contributed by atoms with van der Waals surface area (Å²) in [5, 5.41) is 6.71. The zero-order valence-corrected chi connectivity index (χ0v) is 18.7. The first-order chi connectivity index (χ1) is 15.0. The topological polar surface area (TPSA) is 70.7 Å². The number of ether oxygens (including phenoxy) is 1. The number of likely N-dealkylation sites (tertiary alicyclic amines) is 1. The molecule has 1 aliphatic rings. The van der Waals surface area contributed by atoms with Crippen LogP contribution in [-0.4, -0.2) is 49.0 Å². The van der Waals surface area contributed by atoms with Crippen LogP contribution in [0.25, 0.3) is 0 Å². The Kier molecular flexibility index (Phi) is 8.74. The molecule has 6 nitrogen and oxygen atoms in total. The molecule has 0 radical (unpaired) electrons. The number of hydrogen-bond donors (Lipinski definition) is 2. The molecule has 0 spiro atoms. The van der Waals surface area contributed by atoms with Gasteiger partial charge in [-0.25, -0.2) is 0 Å². The lowest BCUT2D eigenvalue weighted by Gasteiger charge is -2.31. The number of carbonyl (C=O) groups excluding carboxylic acids is 2. The standard InChI is InChI=1S/C24H30ClN3O3/c1-18-16-19(25)9-10-22(18)31-15-5-8-23(29)26-21-11-13-28(14-12-21)17-24(30)27-20-6-3-2-4-7-20/h2-4,6-7,9-10,16,21H,5,8,11-15,17H2,1H3,(H,26,29)(H,27,30). The molecule has 0 aromatic heterocycles. The summed E-state index contributed by atoms with van der Waals surface area (Å²) in [6, 6.07) is 15.1. The minimum atomic E-state index is -0.00962. The van der Waals surface area contributed by atoms with Crippen molar-refractivity contribution in [2.45, 2.75) is 38.6 Å². The molecule has 2 aromatic carbocycles. The number of piperidine rings is 1. The largest absolute Gasteiger partial charge is 0.493 e. The molecular weight excluding hydrogens is 414 g/mol. The highest BCUT2D eigenvalue weighted by molar-refractivity contribution is 6.30. The molecule has 1 saturated heterocycles. The highest BCUT2D eigenvalue weighted by Crippen LogP contribution is 2.22. The van der Waals surface area contributed by atoms with Crippen molar-refractivity contribution >= 4 is 29.1 Å². The third-order valence-corrected chi connectivity index (χ3v) is 5.56. The van der Waals surface area contributed by atoms with E-state index in [2.05, 4.69) is 15.5 Å². The van der Waals surface area contributed by atoms with Crippen molar-refractivity contribution in [1.29, 1.82) is 0 Å². The number of hydrogen-bond acceptors (Lipinski definition) is 4. The molecule has 0 unspecified atom stereocenters. The maximum absolute atomic E-state index is 12.2. The Balaban J connectivity index is 1.28. The Morgan fingerprint density at radius 3 is 2.55 bits per heavy atom. The first-order valence-corrected chi connectivity index (χ1v) is 11.1. The third kappa shape index (κ3) is 7.89. The number of nitrogens with zero attached hydrogens (tertiary/aromatic N) is 1. The van der Waals surface area contributed by atoms with Gasteiger partial charge in [-0.3, -0.25) is 14.5 Å². The average Bonchev–Trinajstić information content (AvgIpc) is 2.74. The second kappa shape index (κ2) is 11.7. The van der Waals surface area contributed by atoms with Gasteiger partial charge in [0.1, 0.15) is 5.75 Å². The van der Waals surface area contributed by atoms with Crippen LogP contribution in [0.3, 0.4) is 0 Å². The summed E-state index contributed by atoms with van der Waals surface area (Å²) < 4.78 is 5.74. The van der Waals surface area contributed by atoms with Crippen molar-refractivity contribution in [3.63, 3.8) is 0 Å². The number of rotatable bonds is 9. The number of benzene rings is 2. The van der Waals surface area contributed by atoms with E-state index in [0.29, 0.717) is 31.0 Å². The lowest BCUT2D eigenvalue weighted by Crippen LogP contribution is -2.46. The average molecular weight is 444 g/mol. The van der Waals surface area contributed by atoms with Crippen molar-refractivity contribution < 1.29 is 14.3 Å². The minimum Gasteiger partial charge on any atom is -0.493 e. The molecule has 0 saturated carbocycles. The van der Waals surface area contributed by atoms with Crippen molar-refractivity contribution in [2.75, 3.05) is 31.6 Å². The Morgan fingerprint density at radius 2 is 1.84 bits per heavy atom. The van der Waals surface area contributed by atoms with Crippen molar-refractivity contribution in [3.8, 4) is 5.75 Å². The van der Waals surface area contributed by atoms with Crippen LogP contribution in [0.2, 0.25) is 5.02 Å². The summed E-state index contributed by atoms with van der Waals surface area (Å²) in [6.45, 7) is 4.41. The van der Waals surface area contributed by atoms with Crippen LogP contribution in [0.1, 0.15) is 31.2 Å². The molecule has 0 aliphatic carbocycles. The summed E-state index contributed by atoms with van der Waals surface area (Å²) in [5.41, 5.74) is 1.80. The fraction of sp³-hybridized carbons (Fsp3) is 0.417. The molecule has 2 N–H and O–H groups in total. The van der Waals surface area contributed by atoms with E-state index >= 15 is 0 Å². The third-order valence-electron chi connectivity index (χ3n) is 5.32. The number of anilines is 1. The number of para-hydroxylation sites is 1. The summed E-state index contributed by atoms with van der Waals surface area (Å²) in [6.07, 6.45) is 2.80. The van der Waals surface area contributed by atoms with Gasteiger partial charge in [0, 0.05) is 36.3 Å². The van der Waals surface area contributed by atoms with Crippen LogP contribution in [-0.2, 0) is 9.59 Å². The molecule has 1 heterocycles. The van der Waals surface area contributed by atoms with E-state index in [-0.39, 0.29) is 17.9 Å². The quantitative estimate of drug-likeness (QED) is 0.574. The Labute approximate surface area is 188 Å². The van der Waals surface area contributed by atoms with Gasteiger partial charge in [-0.05, 0) is 62.1 Å². The summed E-state index contributed by atoms with van der Waals surface area (Å²) in [7, 11) is 0. The number of nitrogens with one attached hydrogen (secondary N) is 2. The van der Waals surface area contributed by atoms with Crippen LogP contribution >= 0.6 is 11.6 Å². The van der Waals surface area contributed by atoms with E-state index in [1.54, 1.807) is 6.07 Å². The van der Waals surface area contributed by atoms with Gasteiger partial charge in [0.05, 0.1) is 13.2 Å². The molecule has 31 heavy (non-hydrogen) atoms. The predicted octanol–water partition coefficient (Wildman–Crippen LogP) is 4.03. The van der Waals surface area contributed by atoms with Gasteiger partial charge in [-0.15, -0.1) is 0 Å². The number of carbonyl (C=O) groups is 2. The second-order valence-electron chi connectivity index (χ2n) is 7.89. The van der Waals surface area contributed by atoms with E-state index in [1.807, 2.05) is 49.4 Å². The normalized spacial score (nSPS) is 14.8. The Bertz CT molecular complexity index is 868. The number of halogens is 1. The first-order valence-electron chi connectivity index (χ1n) is 10.7. The zero-order chi connectivity index (χ0) is 22.1. The van der Waals surface area contributed by atoms with Crippen LogP contribution < -0.4 is 15.4 Å². The molecule has 0 bridgehead atoms. The van der Waals surface area contributed by atoms with Gasteiger partial charge in [-0.2, -0.15) is 0 Å². The van der Waals surface area contributed by atoms with E-state index in [1.165, 1.54) is 0 Å². The first kappa shape index (κ1) is 23.1. The molecular formula is C24H30ClN3O3. The van der Waals surface area contributed by atoms with Gasteiger partial charge < -0.3 is 15.4 Å². The van der Waals surface area contributed by atoms with E-state index < -0.39 is 0 Å². The van der Waals surface area contributed by atoms with E-state index in [4.69, 9.17) is 16.3 Å². The van der Waals surface area contributed by atoms with Crippen LogP contribution in [0.4, 0.5) is 5.69 Å². The highest BCUT2D eigenvalue weighted by Gasteiger charge is 2.22. The molecule has 2 aromatic rings. The summed E-state index contributed by atoms with van der Waals surface area (Å²) in [5.74, 6) is 0.842. The number of aryl methyl sites for hydroxylation is 1. The van der Waals surface area contributed by atoms with Crippen LogP contribution in [0.15, 0.2) is 48.5 Å². The second-order valence-corrected chi connectivity index (χ2v) is 8.33. The van der Waals surface area contributed by atoms with Crippen LogP contribution in [0.5, 0.6) is 5.75 Å². The lowest BCUT2D eigenvalue weighted by molar-refractivity contribution is -0.123. The van der Waals surface area contributed by atoms with Gasteiger partial charge in [-0.1, -0.05) is 29.8 Å².